The van der Waals surface area contributed by atoms with E-state index in [-0.39, 0.29) is 5.82 Å². The molecule has 0 amide bonds. The maximum atomic E-state index is 13.4. The maximum Gasteiger partial charge on any atom is 0.123 e. The van der Waals surface area contributed by atoms with E-state index in [1.807, 2.05) is 13.0 Å². The zero-order valence-corrected chi connectivity index (χ0v) is 13.1. The summed E-state index contributed by atoms with van der Waals surface area (Å²) < 4.78 is 13.4. The van der Waals surface area contributed by atoms with Gasteiger partial charge in [-0.15, -0.1) is 0 Å². The maximum absolute atomic E-state index is 13.4. The van der Waals surface area contributed by atoms with Gasteiger partial charge in [0.1, 0.15) is 5.82 Å². The van der Waals surface area contributed by atoms with Crippen LogP contribution >= 0.6 is 0 Å². The molecule has 3 atom stereocenters. The second-order valence-electron chi connectivity index (χ2n) is 6.15. The van der Waals surface area contributed by atoms with Crippen molar-refractivity contribution in [2.75, 3.05) is 6.54 Å². The van der Waals surface area contributed by atoms with Gasteiger partial charge < -0.3 is 5.32 Å². The minimum Gasteiger partial charge on any atom is -0.310 e. The Kier molecular flexibility index (Phi) is 5.59. The number of nitrogens with one attached hydrogen (secondary N) is 1. The Balaban J connectivity index is 2.29. The fourth-order valence-corrected chi connectivity index (χ4v) is 3.88. The fourth-order valence-electron chi connectivity index (χ4n) is 3.88. The van der Waals surface area contributed by atoms with Crippen LogP contribution in [0.25, 0.3) is 0 Å². The number of hydrogen-bond acceptors (Lipinski definition) is 1. The van der Waals surface area contributed by atoms with E-state index in [0.29, 0.717) is 12.0 Å². The first-order valence-electron chi connectivity index (χ1n) is 8.16. The van der Waals surface area contributed by atoms with Gasteiger partial charge in [0.15, 0.2) is 0 Å². The Morgan fingerprint density at radius 1 is 1.25 bits per heavy atom. The van der Waals surface area contributed by atoms with Crippen LogP contribution in [0.2, 0.25) is 0 Å². The molecular weight excluding hydrogens is 249 g/mol. The minimum atomic E-state index is -0.128. The predicted molar refractivity (Wildman–Crippen MR) is 83.3 cm³/mol. The van der Waals surface area contributed by atoms with Gasteiger partial charge in [0.25, 0.3) is 0 Å². The molecule has 20 heavy (non-hydrogen) atoms. The molecule has 2 heteroatoms. The van der Waals surface area contributed by atoms with Crippen molar-refractivity contribution in [3.05, 3.63) is 35.1 Å². The van der Waals surface area contributed by atoms with E-state index in [9.17, 15) is 4.39 Å². The molecule has 1 aliphatic carbocycles. The average molecular weight is 277 g/mol. The molecule has 1 N–H and O–H groups in total. The lowest BCUT2D eigenvalue weighted by Crippen LogP contribution is -2.34. The molecule has 0 saturated heterocycles. The molecule has 3 unspecified atom stereocenters. The Morgan fingerprint density at radius 3 is 2.65 bits per heavy atom. The van der Waals surface area contributed by atoms with E-state index in [4.69, 9.17) is 0 Å². The smallest absolute Gasteiger partial charge is 0.123 e. The predicted octanol–water partition coefficient (Wildman–Crippen LogP) is 5.00. The summed E-state index contributed by atoms with van der Waals surface area (Å²) in [6.07, 6.45) is 6.61. The highest BCUT2D eigenvalue weighted by Crippen LogP contribution is 2.41. The highest BCUT2D eigenvalue weighted by atomic mass is 19.1. The number of aryl methyl sites for hydroxylation is 1. The summed E-state index contributed by atoms with van der Waals surface area (Å²) in [4.78, 5) is 0. The molecule has 0 radical (unpaired) electrons. The first-order chi connectivity index (χ1) is 9.67. The van der Waals surface area contributed by atoms with Crippen molar-refractivity contribution in [1.82, 2.24) is 5.32 Å². The molecule has 1 saturated carbocycles. The third kappa shape index (κ3) is 3.41. The topological polar surface area (TPSA) is 12.0 Å². The van der Waals surface area contributed by atoms with E-state index in [1.165, 1.54) is 37.7 Å². The van der Waals surface area contributed by atoms with Crippen molar-refractivity contribution in [3.8, 4) is 0 Å². The van der Waals surface area contributed by atoms with Crippen LogP contribution in [0.3, 0.4) is 0 Å². The quantitative estimate of drug-likeness (QED) is 0.798. The molecule has 1 aromatic rings. The molecule has 1 aliphatic rings. The van der Waals surface area contributed by atoms with Gasteiger partial charge in [-0.3, -0.25) is 0 Å². The molecular formula is C18H28FN. The molecule has 0 bridgehead atoms. The van der Waals surface area contributed by atoms with E-state index in [1.54, 1.807) is 12.1 Å². The summed E-state index contributed by atoms with van der Waals surface area (Å²) in [7, 11) is 0. The average Bonchev–Trinajstić information content (AvgIpc) is 2.45. The van der Waals surface area contributed by atoms with Gasteiger partial charge in [-0.1, -0.05) is 45.6 Å². The molecule has 0 spiro atoms. The Labute approximate surface area is 123 Å². The number of hydrogen-bond donors (Lipinski definition) is 1. The van der Waals surface area contributed by atoms with Crippen LogP contribution in [0, 0.1) is 24.6 Å². The monoisotopic (exact) mass is 277 g/mol. The fraction of sp³-hybridized carbons (Fsp3) is 0.667. The molecule has 0 aromatic heterocycles. The minimum absolute atomic E-state index is 0.128. The molecule has 1 aromatic carbocycles. The first-order valence-corrected chi connectivity index (χ1v) is 8.16. The van der Waals surface area contributed by atoms with Gasteiger partial charge in [0, 0.05) is 6.04 Å². The Bertz CT molecular complexity index is 429. The standard InChI is InChI=1S/C18H28FN/c1-4-14-8-6-7-9-17(14)18(20-5-2)16-11-10-15(19)12-13(16)3/h10-12,14,17-18,20H,4-9H2,1-3H3. The normalized spacial score (nSPS) is 24.6. The van der Waals surface area contributed by atoms with Gasteiger partial charge in [-0.2, -0.15) is 0 Å². The summed E-state index contributed by atoms with van der Waals surface area (Å²) in [5.74, 6) is 1.37. The van der Waals surface area contributed by atoms with Crippen molar-refractivity contribution in [1.29, 1.82) is 0 Å². The first kappa shape index (κ1) is 15.5. The van der Waals surface area contributed by atoms with Crippen LogP contribution in [0.15, 0.2) is 18.2 Å². The lowest BCUT2D eigenvalue weighted by Gasteiger charge is -2.38. The van der Waals surface area contributed by atoms with Gasteiger partial charge in [0.05, 0.1) is 0 Å². The van der Waals surface area contributed by atoms with Gasteiger partial charge in [-0.05, 0) is 55.0 Å². The Hall–Kier alpha value is -0.890. The van der Waals surface area contributed by atoms with Crippen molar-refractivity contribution >= 4 is 0 Å². The van der Waals surface area contributed by atoms with E-state index in [0.717, 1.165) is 18.0 Å². The van der Waals surface area contributed by atoms with Crippen LogP contribution in [0.5, 0.6) is 0 Å². The summed E-state index contributed by atoms with van der Waals surface area (Å²) in [5, 5.41) is 3.67. The summed E-state index contributed by atoms with van der Waals surface area (Å²) >= 11 is 0. The Morgan fingerprint density at radius 2 is 2.00 bits per heavy atom. The highest BCUT2D eigenvalue weighted by molar-refractivity contribution is 5.30. The molecule has 1 fully saturated rings. The summed E-state index contributed by atoms with van der Waals surface area (Å²) in [5.41, 5.74) is 2.37. The van der Waals surface area contributed by atoms with Gasteiger partial charge in [-0.25, -0.2) is 4.39 Å². The van der Waals surface area contributed by atoms with E-state index < -0.39 is 0 Å². The molecule has 2 rings (SSSR count). The van der Waals surface area contributed by atoms with Gasteiger partial charge >= 0.3 is 0 Å². The third-order valence-corrected chi connectivity index (χ3v) is 4.91. The second-order valence-corrected chi connectivity index (χ2v) is 6.15. The molecule has 0 aliphatic heterocycles. The van der Waals surface area contributed by atoms with Crippen LogP contribution < -0.4 is 5.32 Å². The van der Waals surface area contributed by atoms with Gasteiger partial charge in [0.2, 0.25) is 0 Å². The largest absolute Gasteiger partial charge is 0.310 e. The van der Waals surface area contributed by atoms with Crippen LogP contribution in [-0.2, 0) is 0 Å². The van der Waals surface area contributed by atoms with E-state index in [2.05, 4.69) is 19.2 Å². The molecule has 1 nitrogen and oxygen atoms in total. The summed E-state index contributed by atoms with van der Waals surface area (Å²) in [6, 6.07) is 5.64. The molecule has 0 heterocycles. The molecule has 112 valence electrons. The zero-order chi connectivity index (χ0) is 14.5. The second kappa shape index (κ2) is 7.21. The highest BCUT2D eigenvalue weighted by Gasteiger charge is 2.31. The van der Waals surface area contributed by atoms with Crippen molar-refractivity contribution in [2.45, 2.75) is 58.9 Å². The summed E-state index contributed by atoms with van der Waals surface area (Å²) in [6.45, 7) is 7.47. The number of halogens is 1. The lowest BCUT2D eigenvalue weighted by molar-refractivity contribution is 0.176. The SMILES string of the molecule is CCNC(c1ccc(F)cc1C)C1CCCCC1CC. The zero-order valence-electron chi connectivity index (χ0n) is 13.1. The number of benzene rings is 1. The number of rotatable bonds is 5. The third-order valence-electron chi connectivity index (χ3n) is 4.91. The lowest BCUT2D eigenvalue weighted by atomic mass is 9.72. The van der Waals surface area contributed by atoms with Crippen LogP contribution in [-0.4, -0.2) is 6.54 Å². The van der Waals surface area contributed by atoms with Crippen molar-refractivity contribution in [3.63, 3.8) is 0 Å². The van der Waals surface area contributed by atoms with E-state index >= 15 is 0 Å². The van der Waals surface area contributed by atoms with Crippen LogP contribution in [0.1, 0.15) is 63.1 Å². The van der Waals surface area contributed by atoms with Crippen LogP contribution in [0.4, 0.5) is 4.39 Å². The van der Waals surface area contributed by atoms with Crippen molar-refractivity contribution < 1.29 is 4.39 Å². The van der Waals surface area contributed by atoms with Crippen molar-refractivity contribution in [2.24, 2.45) is 11.8 Å².